The molecule has 1 aromatic rings. The quantitative estimate of drug-likeness (QED) is 0.760. The second-order valence-electron chi connectivity index (χ2n) is 8.62. The molecule has 1 amide bonds. The van der Waals surface area contributed by atoms with Crippen molar-refractivity contribution in [2.45, 2.75) is 58.9 Å². The van der Waals surface area contributed by atoms with E-state index in [1.165, 1.54) is 4.88 Å². The lowest BCUT2D eigenvalue weighted by Gasteiger charge is -2.34. The number of hydrogen-bond donors (Lipinski definition) is 1. The molecule has 0 spiro atoms. The summed E-state index contributed by atoms with van der Waals surface area (Å²) in [6, 6.07) is 0. The second-order valence-corrected chi connectivity index (χ2v) is 9.72. The first-order valence-corrected chi connectivity index (χ1v) is 11.2. The molecule has 0 atom stereocenters. The Kier molecular flexibility index (Phi) is 6.78. The minimum absolute atomic E-state index is 0.0466. The lowest BCUT2D eigenvalue weighted by Crippen LogP contribution is -2.44. The number of carbonyl (C=O) groups excluding carboxylic acids is 2. The number of hydrogen-bond acceptors (Lipinski definition) is 6. The van der Waals surface area contributed by atoms with Crippen LogP contribution in [0.15, 0.2) is 0 Å². The molecule has 0 aromatic carbocycles. The smallest absolute Gasteiger partial charge is 0.341 e. The summed E-state index contributed by atoms with van der Waals surface area (Å²) >= 11 is 1.54. The van der Waals surface area contributed by atoms with E-state index in [9.17, 15) is 9.59 Å². The van der Waals surface area contributed by atoms with Gasteiger partial charge in [0, 0.05) is 23.5 Å². The van der Waals surface area contributed by atoms with Gasteiger partial charge in [0.2, 0.25) is 5.91 Å². The topological polar surface area (TPSA) is 61.9 Å². The molecule has 6 nitrogen and oxygen atoms in total. The summed E-state index contributed by atoms with van der Waals surface area (Å²) in [5, 5.41) is 3.68. The summed E-state index contributed by atoms with van der Waals surface area (Å²) in [5.41, 5.74) is 1.82. The summed E-state index contributed by atoms with van der Waals surface area (Å²) in [5.74, 6) is -0.359. The molecule has 1 aliphatic carbocycles. The zero-order valence-electron chi connectivity index (χ0n) is 17.6. The molecule has 1 N–H and O–H groups in total. The molecule has 0 unspecified atom stereocenters. The molecule has 3 rings (SSSR count). The molecule has 7 heteroatoms. The van der Waals surface area contributed by atoms with Crippen LogP contribution in [0.2, 0.25) is 0 Å². The Bertz CT molecular complexity index is 723. The SMILES string of the molecule is CCOC(=O)c1c(NC(=O)CN2CCCN(C(C)(C)C)CC2)sc2c1CCC2. The molecule has 0 radical (unpaired) electrons. The Morgan fingerprint density at radius 1 is 1.11 bits per heavy atom. The largest absolute Gasteiger partial charge is 0.462 e. The number of esters is 1. The predicted molar refractivity (Wildman–Crippen MR) is 113 cm³/mol. The van der Waals surface area contributed by atoms with Gasteiger partial charge in [-0.2, -0.15) is 0 Å². The van der Waals surface area contributed by atoms with E-state index < -0.39 is 0 Å². The van der Waals surface area contributed by atoms with Crippen molar-refractivity contribution in [1.29, 1.82) is 0 Å². The number of nitrogens with zero attached hydrogens (tertiary/aromatic N) is 2. The summed E-state index contributed by atoms with van der Waals surface area (Å²) < 4.78 is 5.24. The number of carbonyl (C=O) groups is 2. The van der Waals surface area contributed by atoms with Crippen molar-refractivity contribution >= 4 is 28.2 Å². The van der Waals surface area contributed by atoms with Crippen molar-refractivity contribution in [3.8, 4) is 0 Å². The van der Waals surface area contributed by atoms with Crippen LogP contribution in [-0.4, -0.2) is 66.5 Å². The van der Waals surface area contributed by atoms with Crippen molar-refractivity contribution in [2.75, 3.05) is 44.6 Å². The molecule has 1 aromatic heterocycles. The number of aryl methyl sites for hydroxylation is 1. The molecule has 1 fully saturated rings. The van der Waals surface area contributed by atoms with E-state index in [2.05, 4.69) is 35.9 Å². The molecule has 1 aliphatic heterocycles. The van der Waals surface area contributed by atoms with E-state index in [0.717, 1.165) is 57.4 Å². The van der Waals surface area contributed by atoms with Crippen molar-refractivity contribution < 1.29 is 14.3 Å². The van der Waals surface area contributed by atoms with Crippen molar-refractivity contribution in [3.63, 3.8) is 0 Å². The standard InChI is InChI=1S/C21H33N3O3S/c1-5-27-20(26)18-15-8-6-9-16(15)28-19(18)22-17(25)14-23-10-7-11-24(13-12-23)21(2,3)4/h5-14H2,1-4H3,(H,22,25). The van der Waals surface area contributed by atoms with E-state index in [-0.39, 0.29) is 17.4 Å². The van der Waals surface area contributed by atoms with Crippen LogP contribution in [0.25, 0.3) is 0 Å². The van der Waals surface area contributed by atoms with Crippen LogP contribution < -0.4 is 5.32 Å². The Morgan fingerprint density at radius 2 is 1.89 bits per heavy atom. The number of amides is 1. The van der Waals surface area contributed by atoms with Crippen molar-refractivity contribution in [3.05, 3.63) is 16.0 Å². The van der Waals surface area contributed by atoms with Gasteiger partial charge >= 0.3 is 5.97 Å². The fourth-order valence-corrected chi connectivity index (χ4v) is 5.37. The highest BCUT2D eigenvalue weighted by Crippen LogP contribution is 2.39. The molecule has 28 heavy (non-hydrogen) atoms. The molecular formula is C21H33N3O3S. The summed E-state index contributed by atoms with van der Waals surface area (Å²) in [6.45, 7) is 13.1. The minimum Gasteiger partial charge on any atom is -0.462 e. The van der Waals surface area contributed by atoms with Crippen LogP contribution in [0, 0.1) is 0 Å². The third kappa shape index (κ3) is 4.93. The highest BCUT2D eigenvalue weighted by Gasteiger charge is 2.29. The Balaban J connectivity index is 1.63. The second kappa shape index (κ2) is 8.93. The van der Waals surface area contributed by atoms with E-state index in [4.69, 9.17) is 4.74 Å². The van der Waals surface area contributed by atoms with Crippen molar-refractivity contribution in [1.82, 2.24) is 9.80 Å². The van der Waals surface area contributed by atoms with Crippen LogP contribution in [-0.2, 0) is 22.4 Å². The van der Waals surface area contributed by atoms with Crippen LogP contribution in [0.5, 0.6) is 0 Å². The van der Waals surface area contributed by atoms with E-state index in [1.54, 1.807) is 11.3 Å². The molecule has 2 heterocycles. The van der Waals surface area contributed by atoms with Gasteiger partial charge in [0.25, 0.3) is 0 Å². The average molecular weight is 408 g/mol. The number of anilines is 1. The van der Waals surface area contributed by atoms with Crippen LogP contribution in [0.3, 0.4) is 0 Å². The molecule has 0 bridgehead atoms. The van der Waals surface area contributed by atoms with Gasteiger partial charge in [-0.3, -0.25) is 14.6 Å². The number of rotatable bonds is 5. The first-order valence-electron chi connectivity index (χ1n) is 10.4. The van der Waals surface area contributed by atoms with Crippen molar-refractivity contribution in [2.24, 2.45) is 0 Å². The van der Waals surface area contributed by atoms with Gasteiger partial charge in [-0.25, -0.2) is 4.79 Å². The average Bonchev–Trinajstić information content (AvgIpc) is 3.07. The van der Waals surface area contributed by atoms with Gasteiger partial charge in [0.1, 0.15) is 5.00 Å². The maximum Gasteiger partial charge on any atom is 0.341 e. The number of ether oxygens (including phenoxy) is 1. The fraction of sp³-hybridized carbons (Fsp3) is 0.714. The zero-order chi connectivity index (χ0) is 20.3. The molecular weight excluding hydrogens is 374 g/mol. The number of nitrogens with one attached hydrogen (secondary N) is 1. The first kappa shape index (κ1) is 21.3. The predicted octanol–water partition coefficient (Wildman–Crippen LogP) is 3.16. The van der Waals surface area contributed by atoms with Crippen LogP contribution in [0.4, 0.5) is 5.00 Å². The first-order chi connectivity index (χ1) is 13.3. The van der Waals surface area contributed by atoms with Gasteiger partial charge in [-0.1, -0.05) is 0 Å². The van der Waals surface area contributed by atoms with E-state index in [0.29, 0.717) is 23.7 Å². The lowest BCUT2D eigenvalue weighted by atomic mass is 10.1. The fourth-order valence-electron chi connectivity index (χ4n) is 4.08. The third-order valence-corrected chi connectivity index (χ3v) is 6.77. The van der Waals surface area contributed by atoms with Gasteiger partial charge in [0.15, 0.2) is 0 Å². The number of fused-ring (bicyclic) bond motifs is 1. The maximum atomic E-state index is 12.7. The Hall–Kier alpha value is -1.44. The minimum atomic E-state index is -0.312. The molecule has 2 aliphatic rings. The summed E-state index contributed by atoms with van der Waals surface area (Å²) in [7, 11) is 0. The molecule has 1 saturated heterocycles. The van der Waals surface area contributed by atoms with Crippen LogP contribution in [0.1, 0.15) is 61.3 Å². The highest BCUT2D eigenvalue weighted by atomic mass is 32.1. The van der Waals surface area contributed by atoms with Gasteiger partial charge in [0.05, 0.1) is 18.7 Å². The lowest BCUT2D eigenvalue weighted by molar-refractivity contribution is -0.117. The molecule has 0 saturated carbocycles. The third-order valence-electron chi connectivity index (χ3n) is 5.56. The normalized spacial score (nSPS) is 18.6. The van der Waals surface area contributed by atoms with E-state index in [1.807, 2.05) is 6.92 Å². The van der Waals surface area contributed by atoms with Gasteiger partial charge in [-0.15, -0.1) is 11.3 Å². The highest BCUT2D eigenvalue weighted by molar-refractivity contribution is 7.17. The Labute approximate surface area is 172 Å². The van der Waals surface area contributed by atoms with Gasteiger partial charge in [-0.05, 0) is 72.0 Å². The summed E-state index contributed by atoms with van der Waals surface area (Å²) in [4.78, 5) is 31.1. The monoisotopic (exact) mass is 407 g/mol. The number of thiophene rings is 1. The zero-order valence-corrected chi connectivity index (χ0v) is 18.4. The molecule has 156 valence electrons. The van der Waals surface area contributed by atoms with Crippen LogP contribution >= 0.6 is 11.3 Å². The van der Waals surface area contributed by atoms with Gasteiger partial charge < -0.3 is 10.1 Å². The summed E-state index contributed by atoms with van der Waals surface area (Å²) in [6.07, 6.45) is 4.01. The van der Waals surface area contributed by atoms with E-state index >= 15 is 0 Å². The maximum absolute atomic E-state index is 12.7. The Morgan fingerprint density at radius 3 is 2.61 bits per heavy atom.